The van der Waals surface area contributed by atoms with E-state index < -0.39 is 0 Å². The van der Waals surface area contributed by atoms with E-state index in [1.54, 1.807) is 17.4 Å². The average molecular weight is 377 g/mol. The van der Waals surface area contributed by atoms with E-state index in [1.807, 2.05) is 0 Å². The molecule has 20 heavy (non-hydrogen) atoms. The molecular weight excluding hydrogens is 361 g/mol. The fourth-order valence-electron chi connectivity index (χ4n) is 2.04. The highest BCUT2D eigenvalue weighted by Crippen LogP contribution is 2.29. The van der Waals surface area contributed by atoms with Gasteiger partial charge >= 0.3 is 0 Å². The number of rotatable bonds is 6. The van der Waals surface area contributed by atoms with Gasteiger partial charge in [-0.05, 0) is 70.0 Å². The van der Waals surface area contributed by atoms with Gasteiger partial charge < -0.3 is 5.32 Å². The quantitative estimate of drug-likeness (QED) is 0.693. The summed E-state index contributed by atoms with van der Waals surface area (Å²) >= 11 is 11.3. The molecule has 0 bridgehead atoms. The van der Waals surface area contributed by atoms with Crippen molar-refractivity contribution >= 4 is 38.9 Å². The zero-order valence-electron chi connectivity index (χ0n) is 11.1. The van der Waals surface area contributed by atoms with Gasteiger partial charge in [0.1, 0.15) is 5.82 Å². The molecule has 0 saturated heterocycles. The Labute approximate surface area is 136 Å². The van der Waals surface area contributed by atoms with E-state index in [0.717, 1.165) is 28.7 Å². The van der Waals surface area contributed by atoms with Crippen molar-refractivity contribution in [2.45, 2.75) is 25.8 Å². The van der Waals surface area contributed by atoms with E-state index in [4.69, 9.17) is 11.6 Å². The molecule has 2 aromatic rings. The lowest BCUT2D eigenvalue weighted by Gasteiger charge is -2.18. The van der Waals surface area contributed by atoms with Crippen molar-refractivity contribution in [2.24, 2.45) is 0 Å². The highest BCUT2D eigenvalue weighted by molar-refractivity contribution is 9.11. The second-order valence-corrected chi connectivity index (χ2v) is 7.33. The SMILES string of the molecule is CCCNC(Cc1ccc(F)cc1Cl)c1csc(Br)c1. The van der Waals surface area contributed by atoms with Crippen LogP contribution in [0.1, 0.15) is 30.5 Å². The Morgan fingerprint density at radius 1 is 1.40 bits per heavy atom. The summed E-state index contributed by atoms with van der Waals surface area (Å²) in [5.74, 6) is -0.296. The molecule has 0 spiro atoms. The summed E-state index contributed by atoms with van der Waals surface area (Å²) in [6.45, 7) is 3.08. The molecule has 1 N–H and O–H groups in total. The molecule has 108 valence electrons. The lowest BCUT2D eigenvalue weighted by molar-refractivity contribution is 0.530. The van der Waals surface area contributed by atoms with E-state index in [1.165, 1.54) is 17.7 Å². The van der Waals surface area contributed by atoms with Crippen LogP contribution in [0.4, 0.5) is 4.39 Å². The molecule has 1 aromatic carbocycles. The van der Waals surface area contributed by atoms with E-state index in [-0.39, 0.29) is 11.9 Å². The maximum Gasteiger partial charge on any atom is 0.124 e. The van der Waals surface area contributed by atoms with Crippen LogP contribution >= 0.6 is 38.9 Å². The third-order valence-corrected chi connectivity index (χ3v) is 4.94. The van der Waals surface area contributed by atoms with Crippen LogP contribution in [0.25, 0.3) is 0 Å². The van der Waals surface area contributed by atoms with Gasteiger partial charge in [0.2, 0.25) is 0 Å². The van der Waals surface area contributed by atoms with Crippen LogP contribution in [-0.4, -0.2) is 6.54 Å². The summed E-state index contributed by atoms with van der Waals surface area (Å²) < 4.78 is 14.2. The largest absolute Gasteiger partial charge is 0.310 e. The van der Waals surface area contributed by atoms with Crippen LogP contribution in [0.3, 0.4) is 0 Å². The van der Waals surface area contributed by atoms with E-state index >= 15 is 0 Å². The fourth-order valence-corrected chi connectivity index (χ4v) is 3.51. The topological polar surface area (TPSA) is 12.0 Å². The molecule has 1 unspecified atom stereocenters. The van der Waals surface area contributed by atoms with Gasteiger partial charge in [0, 0.05) is 11.1 Å². The highest BCUT2D eigenvalue weighted by Gasteiger charge is 2.15. The number of hydrogen-bond acceptors (Lipinski definition) is 2. The van der Waals surface area contributed by atoms with E-state index in [0.29, 0.717) is 5.02 Å². The molecule has 0 aliphatic carbocycles. The molecular formula is C15H16BrClFNS. The van der Waals surface area contributed by atoms with Gasteiger partial charge in [0.05, 0.1) is 3.79 Å². The molecule has 0 radical (unpaired) electrons. The predicted molar refractivity (Wildman–Crippen MR) is 88.2 cm³/mol. The molecule has 0 saturated carbocycles. The summed E-state index contributed by atoms with van der Waals surface area (Å²) in [6.07, 6.45) is 1.82. The second kappa shape index (κ2) is 7.55. The molecule has 0 aliphatic rings. The molecule has 2 rings (SSSR count). The Bertz CT molecular complexity index is 573. The van der Waals surface area contributed by atoms with E-state index in [2.05, 4.69) is 39.6 Å². The molecule has 1 atom stereocenters. The Morgan fingerprint density at radius 3 is 2.80 bits per heavy atom. The minimum atomic E-state index is -0.296. The van der Waals surface area contributed by atoms with Gasteiger partial charge in [-0.3, -0.25) is 0 Å². The lowest BCUT2D eigenvalue weighted by atomic mass is 10.0. The van der Waals surface area contributed by atoms with Crippen LogP contribution in [0.15, 0.2) is 33.4 Å². The van der Waals surface area contributed by atoms with Crippen molar-refractivity contribution in [3.63, 3.8) is 0 Å². The first-order valence-electron chi connectivity index (χ1n) is 6.51. The lowest BCUT2D eigenvalue weighted by Crippen LogP contribution is -2.23. The van der Waals surface area contributed by atoms with Crippen LogP contribution in [0.2, 0.25) is 5.02 Å². The fraction of sp³-hybridized carbons (Fsp3) is 0.333. The van der Waals surface area contributed by atoms with Gasteiger partial charge in [-0.25, -0.2) is 4.39 Å². The van der Waals surface area contributed by atoms with Crippen LogP contribution in [-0.2, 0) is 6.42 Å². The molecule has 0 amide bonds. The monoisotopic (exact) mass is 375 g/mol. The molecule has 0 aliphatic heterocycles. The number of halogens is 3. The normalized spacial score (nSPS) is 12.6. The first-order valence-corrected chi connectivity index (χ1v) is 8.56. The van der Waals surface area contributed by atoms with Crippen LogP contribution < -0.4 is 5.32 Å². The standard InChI is InChI=1S/C15H16BrClFNS/c1-2-5-19-14(11-7-15(16)20-9-11)6-10-3-4-12(18)8-13(10)17/h3-4,7-9,14,19H,2,5-6H2,1H3. The summed E-state index contributed by atoms with van der Waals surface area (Å²) in [4.78, 5) is 0. The van der Waals surface area contributed by atoms with Gasteiger partial charge in [0.15, 0.2) is 0 Å². The zero-order valence-corrected chi connectivity index (χ0v) is 14.3. The minimum absolute atomic E-state index is 0.195. The Balaban J connectivity index is 2.18. The summed E-state index contributed by atoms with van der Waals surface area (Å²) in [5, 5.41) is 6.15. The van der Waals surface area contributed by atoms with Crippen LogP contribution in [0.5, 0.6) is 0 Å². The van der Waals surface area contributed by atoms with Gasteiger partial charge in [-0.2, -0.15) is 0 Å². The van der Waals surface area contributed by atoms with Crippen molar-refractivity contribution in [1.29, 1.82) is 0 Å². The van der Waals surface area contributed by atoms with Crippen molar-refractivity contribution in [2.75, 3.05) is 6.54 Å². The first-order chi connectivity index (χ1) is 9.60. The van der Waals surface area contributed by atoms with Crippen molar-refractivity contribution < 1.29 is 4.39 Å². The molecule has 1 heterocycles. The van der Waals surface area contributed by atoms with Crippen molar-refractivity contribution in [1.82, 2.24) is 5.32 Å². The number of nitrogens with one attached hydrogen (secondary N) is 1. The summed E-state index contributed by atoms with van der Waals surface area (Å²) in [7, 11) is 0. The Morgan fingerprint density at radius 2 is 2.20 bits per heavy atom. The van der Waals surface area contributed by atoms with Gasteiger partial charge in [-0.1, -0.05) is 24.6 Å². The minimum Gasteiger partial charge on any atom is -0.310 e. The zero-order chi connectivity index (χ0) is 14.5. The Hall–Kier alpha value is -0.420. The number of benzene rings is 1. The number of thiophene rings is 1. The average Bonchev–Trinajstić information content (AvgIpc) is 2.83. The molecule has 1 aromatic heterocycles. The van der Waals surface area contributed by atoms with Gasteiger partial charge in [0.25, 0.3) is 0 Å². The second-order valence-electron chi connectivity index (χ2n) is 4.63. The third-order valence-electron chi connectivity index (χ3n) is 3.07. The predicted octanol–water partition coefficient (Wildman–Crippen LogP) is 5.59. The van der Waals surface area contributed by atoms with Crippen molar-refractivity contribution in [3.05, 3.63) is 55.4 Å². The molecule has 1 nitrogen and oxygen atoms in total. The van der Waals surface area contributed by atoms with Gasteiger partial charge in [-0.15, -0.1) is 11.3 Å². The molecule has 5 heteroatoms. The van der Waals surface area contributed by atoms with E-state index in [9.17, 15) is 4.39 Å². The Kier molecular flexibility index (Phi) is 6.02. The maximum absolute atomic E-state index is 13.1. The van der Waals surface area contributed by atoms with Crippen LogP contribution in [0, 0.1) is 5.82 Å². The molecule has 0 fully saturated rings. The smallest absolute Gasteiger partial charge is 0.124 e. The highest BCUT2D eigenvalue weighted by atomic mass is 79.9. The third kappa shape index (κ3) is 4.29. The maximum atomic E-state index is 13.1. The summed E-state index contributed by atoms with van der Waals surface area (Å²) in [6, 6.07) is 6.91. The summed E-state index contributed by atoms with van der Waals surface area (Å²) in [5.41, 5.74) is 2.19. The first kappa shape index (κ1) is 16.0. The number of hydrogen-bond donors (Lipinski definition) is 1. The van der Waals surface area contributed by atoms with Crippen molar-refractivity contribution in [3.8, 4) is 0 Å².